The fraction of sp³-hybridized carbons (Fsp3) is 0.273. The van der Waals surface area contributed by atoms with Crippen molar-refractivity contribution in [1.29, 1.82) is 0 Å². The highest BCUT2D eigenvalue weighted by atomic mass is 16.3. The summed E-state index contributed by atoms with van der Waals surface area (Å²) < 4.78 is 0. The Morgan fingerprint density at radius 3 is 2.14 bits per heavy atom. The van der Waals surface area contributed by atoms with Crippen molar-refractivity contribution in [3.05, 3.63) is 22.8 Å². The molecule has 0 fully saturated rings. The Bertz CT molecular complexity index is 366. The minimum Gasteiger partial charge on any atom is -0.504 e. The molecule has 0 spiro atoms. The first-order valence-corrected chi connectivity index (χ1v) is 4.50. The van der Waals surface area contributed by atoms with Gasteiger partial charge in [-0.3, -0.25) is 0 Å². The molecule has 0 saturated carbocycles. The molecule has 0 aromatic heterocycles. The number of rotatable bonds is 1. The molecule has 0 aliphatic heterocycles. The van der Waals surface area contributed by atoms with Crippen LogP contribution in [0.2, 0.25) is 0 Å². The lowest BCUT2D eigenvalue weighted by atomic mass is 9.98. The average Bonchev–Trinajstić information content (AvgIpc) is 2.19. The van der Waals surface area contributed by atoms with Crippen molar-refractivity contribution in [2.45, 2.75) is 20.8 Å². The molecule has 0 saturated heterocycles. The monoisotopic (exact) mass is 192 g/mol. The number of phenolic OH excluding ortho intramolecular Hbond substituents is 1. The summed E-state index contributed by atoms with van der Waals surface area (Å²) in [5, 5.41) is 9.64. The van der Waals surface area contributed by atoms with Gasteiger partial charge >= 0.3 is 0 Å². The lowest BCUT2D eigenvalue weighted by molar-refractivity contribution is 0.480. The first kappa shape index (κ1) is 10.4. The van der Waals surface area contributed by atoms with E-state index in [1.54, 1.807) is 0 Å². The van der Waals surface area contributed by atoms with Gasteiger partial charge in [0.05, 0.1) is 11.4 Å². The third-order valence-electron chi connectivity index (χ3n) is 2.50. The van der Waals surface area contributed by atoms with Crippen LogP contribution in [-0.2, 0) is 0 Å². The van der Waals surface area contributed by atoms with E-state index >= 15 is 0 Å². The van der Waals surface area contributed by atoms with E-state index in [0.717, 1.165) is 16.7 Å². The molecule has 3 heteroatoms. The minimum absolute atomic E-state index is 0.0128. The topological polar surface area (TPSA) is 72.3 Å². The van der Waals surface area contributed by atoms with Crippen molar-refractivity contribution in [2.24, 2.45) is 0 Å². The van der Waals surface area contributed by atoms with Crippen LogP contribution in [0.25, 0.3) is 6.08 Å². The highest BCUT2D eigenvalue weighted by Crippen LogP contribution is 2.37. The van der Waals surface area contributed by atoms with Gasteiger partial charge in [0.25, 0.3) is 0 Å². The molecule has 1 aromatic carbocycles. The second-order valence-electron chi connectivity index (χ2n) is 3.34. The molecule has 14 heavy (non-hydrogen) atoms. The Hall–Kier alpha value is -1.64. The van der Waals surface area contributed by atoms with Crippen molar-refractivity contribution >= 4 is 17.5 Å². The Labute approximate surface area is 84.0 Å². The normalized spacial score (nSPS) is 11.1. The van der Waals surface area contributed by atoms with Crippen molar-refractivity contribution in [3.8, 4) is 5.75 Å². The largest absolute Gasteiger partial charge is 0.504 e. The molecule has 0 atom stereocenters. The second-order valence-corrected chi connectivity index (χ2v) is 3.34. The Morgan fingerprint density at radius 2 is 1.64 bits per heavy atom. The zero-order chi connectivity index (χ0) is 10.9. The lowest BCUT2D eigenvalue weighted by Crippen LogP contribution is -2.01. The van der Waals surface area contributed by atoms with Gasteiger partial charge in [0.1, 0.15) is 0 Å². The Balaban J connectivity index is 3.59. The van der Waals surface area contributed by atoms with E-state index in [2.05, 4.69) is 0 Å². The van der Waals surface area contributed by atoms with Crippen molar-refractivity contribution in [3.63, 3.8) is 0 Å². The van der Waals surface area contributed by atoms with Crippen LogP contribution in [0.1, 0.15) is 23.6 Å². The lowest BCUT2D eigenvalue weighted by Gasteiger charge is -2.13. The maximum absolute atomic E-state index is 9.64. The number of allylic oxidation sites excluding steroid dienone is 1. The summed E-state index contributed by atoms with van der Waals surface area (Å²) in [6.07, 6.45) is 3.75. The molecule has 0 heterocycles. The van der Waals surface area contributed by atoms with Crippen LogP contribution in [0.5, 0.6) is 5.75 Å². The van der Waals surface area contributed by atoms with Crippen LogP contribution in [0.4, 0.5) is 11.4 Å². The molecule has 1 rings (SSSR count). The van der Waals surface area contributed by atoms with E-state index in [9.17, 15) is 5.11 Å². The molecule has 0 amide bonds. The van der Waals surface area contributed by atoms with Crippen LogP contribution >= 0.6 is 0 Å². The summed E-state index contributed by atoms with van der Waals surface area (Å²) in [5.41, 5.74) is 14.9. The molecule has 76 valence electrons. The number of phenols is 1. The van der Waals surface area contributed by atoms with Crippen LogP contribution in [0, 0.1) is 13.8 Å². The van der Waals surface area contributed by atoms with Gasteiger partial charge in [-0.05, 0) is 31.9 Å². The van der Waals surface area contributed by atoms with Crippen LogP contribution < -0.4 is 11.5 Å². The quantitative estimate of drug-likeness (QED) is 0.472. The fourth-order valence-electron chi connectivity index (χ4n) is 1.44. The van der Waals surface area contributed by atoms with Gasteiger partial charge in [0.15, 0.2) is 5.75 Å². The maximum atomic E-state index is 9.64. The van der Waals surface area contributed by atoms with Crippen molar-refractivity contribution < 1.29 is 5.11 Å². The van der Waals surface area contributed by atoms with Gasteiger partial charge in [-0.25, -0.2) is 0 Å². The van der Waals surface area contributed by atoms with E-state index in [1.807, 2.05) is 32.9 Å². The fourth-order valence-corrected chi connectivity index (χ4v) is 1.44. The molecule has 5 N–H and O–H groups in total. The minimum atomic E-state index is -0.0128. The molecule has 3 nitrogen and oxygen atoms in total. The van der Waals surface area contributed by atoms with Gasteiger partial charge in [-0.2, -0.15) is 0 Å². The van der Waals surface area contributed by atoms with Gasteiger partial charge in [0.2, 0.25) is 0 Å². The number of anilines is 2. The number of hydrogen-bond donors (Lipinski definition) is 3. The molecule has 0 unspecified atom stereocenters. The number of benzene rings is 1. The van der Waals surface area contributed by atoms with Crippen molar-refractivity contribution in [2.75, 3.05) is 11.5 Å². The average molecular weight is 192 g/mol. The van der Waals surface area contributed by atoms with Gasteiger partial charge in [0, 0.05) is 5.56 Å². The third-order valence-corrected chi connectivity index (χ3v) is 2.50. The molecule has 0 aliphatic carbocycles. The molecular weight excluding hydrogens is 176 g/mol. The molecular formula is C11H16N2O. The Kier molecular flexibility index (Phi) is 2.70. The number of nitrogen functional groups attached to an aromatic ring is 2. The molecule has 1 aromatic rings. The third kappa shape index (κ3) is 1.41. The second kappa shape index (κ2) is 3.62. The van der Waals surface area contributed by atoms with E-state index < -0.39 is 0 Å². The predicted octanol–water partition coefficient (Wildman–Crippen LogP) is 2.21. The van der Waals surface area contributed by atoms with E-state index in [4.69, 9.17) is 11.5 Å². The molecule has 0 aliphatic rings. The summed E-state index contributed by atoms with van der Waals surface area (Å²) in [7, 11) is 0. The highest BCUT2D eigenvalue weighted by molar-refractivity contribution is 5.81. The van der Waals surface area contributed by atoms with E-state index in [-0.39, 0.29) is 5.75 Å². The first-order chi connectivity index (χ1) is 6.50. The van der Waals surface area contributed by atoms with Crippen molar-refractivity contribution in [1.82, 2.24) is 0 Å². The Morgan fingerprint density at radius 1 is 1.07 bits per heavy atom. The van der Waals surface area contributed by atoms with Crippen LogP contribution in [0.15, 0.2) is 6.08 Å². The number of hydrogen-bond acceptors (Lipinski definition) is 3. The summed E-state index contributed by atoms with van der Waals surface area (Å²) in [6.45, 7) is 5.72. The van der Waals surface area contributed by atoms with Gasteiger partial charge < -0.3 is 16.6 Å². The molecule has 0 radical (unpaired) electrons. The summed E-state index contributed by atoms with van der Waals surface area (Å²) >= 11 is 0. The standard InChI is InChI=1S/C11H16N2O/c1-4-5-8-6(2)7(3)9(12)11(14)10(8)13/h4-5,14H,12-13H2,1-3H3/b5-4+. The smallest absolute Gasteiger partial charge is 0.162 e. The SMILES string of the molecule is C/C=C/c1c(C)c(C)c(N)c(O)c1N. The zero-order valence-corrected chi connectivity index (χ0v) is 8.76. The number of nitrogens with two attached hydrogens (primary N) is 2. The van der Waals surface area contributed by atoms with Crippen LogP contribution in [-0.4, -0.2) is 5.11 Å². The highest BCUT2D eigenvalue weighted by Gasteiger charge is 2.13. The van der Waals surface area contributed by atoms with E-state index in [1.165, 1.54) is 0 Å². The first-order valence-electron chi connectivity index (χ1n) is 4.50. The summed E-state index contributed by atoms with van der Waals surface area (Å²) in [5.74, 6) is -0.0128. The molecule has 0 bridgehead atoms. The zero-order valence-electron chi connectivity index (χ0n) is 8.76. The van der Waals surface area contributed by atoms with Gasteiger partial charge in [-0.1, -0.05) is 12.2 Å². The van der Waals surface area contributed by atoms with Crippen LogP contribution in [0.3, 0.4) is 0 Å². The maximum Gasteiger partial charge on any atom is 0.162 e. The summed E-state index contributed by atoms with van der Waals surface area (Å²) in [4.78, 5) is 0. The number of aromatic hydroxyl groups is 1. The predicted molar refractivity (Wildman–Crippen MR) is 61.1 cm³/mol. The van der Waals surface area contributed by atoms with Gasteiger partial charge in [-0.15, -0.1) is 0 Å². The summed E-state index contributed by atoms with van der Waals surface area (Å²) in [6, 6.07) is 0. The van der Waals surface area contributed by atoms with E-state index in [0.29, 0.717) is 11.4 Å².